The van der Waals surface area contributed by atoms with E-state index in [0.717, 1.165) is 11.6 Å². The highest BCUT2D eigenvalue weighted by Crippen LogP contribution is 2.20. The zero-order chi connectivity index (χ0) is 9.90. The number of allylic oxidation sites excluding steroid dienone is 3. The number of carboxylic acids is 1. The van der Waals surface area contributed by atoms with E-state index < -0.39 is 11.6 Å². The Balaban J connectivity index is 2.63. The fraction of sp³-hybridized carbons (Fsp3) is 0.300. The molecule has 0 aromatic rings. The van der Waals surface area contributed by atoms with Crippen LogP contribution in [0, 0.1) is 0 Å². The highest BCUT2D eigenvalue weighted by molar-refractivity contribution is 5.80. The fourth-order valence-electron chi connectivity index (χ4n) is 1.03. The number of hydrogen-bond acceptors (Lipinski definition) is 2. The quantitative estimate of drug-likeness (QED) is 0.629. The first-order valence-electron chi connectivity index (χ1n) is 4.02. The molecule has 0 aliphatic heterocycles. The minimum Gasteiger partial charge on any atom is -0.478 e. The molecule has 1 rings (SSSR count). The van der Waals surface area contributed by atoms with E-state index in [4.69, 9.17) is 5.11 Å². The maximum Gasteiger partial charge on any atom is 0.328 e. The lowest BCUT2D eigenvalue weighted by molar-refractivity contribution is -0.131. The SMILES string of the molecule is CC1(O)C=CC(/C=C/C(=O)O)=CC1. The molecule has 0 saturated carbocycles. The molecular weight excluding hydrogens is 168 g/mol. The van der Waals surface area contributed by atoms with Crippen LogP contribution >= 0.6 is 0 Å². The molecule has 0 aromatic carbocycles. The van der Waals surface area contributed by atoms with Crippen LogP contribution < -0.4 is 0 Å². The van der Waals surface area contributed by atoms with Crippen LogP contribution in [-0.2, 0) is 4.79 Å². The van der Waals surface area contributed by atoms with Gasteiger partial charge < -0.3 is 10.2 Å². The van der Waals surface area contributed by atoms with Gasteiger partial charge in [-0.05, 0) is 25.0 Å². The maximum atomic E-state index is 10.2. The van der Waals surface area contributed by atoms with Crippen LogP contribution in [0.4, 0.5) is 0 Å². The van der Waals surface area contributed by atoms with Crippen LogP contribution in [0.5, 0.6) is 0 Å². The number of rotatable bonds is 2. The monoisotopic (exact) mass is 180 g/mol. The average Bonchev–Trinajstić information content (AvgIpc) is 2.02. The Morgan fingerprint density at radius 3 is 2.85 bits per heavy atom. The largest absolute Gasteiger partial charge is 0.478 e. The van der Waals surface area contributed by atoms with Crippen molar-refractivity contribution in [2.75, 3.05) is 0 Å². The Morgan fingerprint density at radius 1 is 1.69 bits per heavy atom. The van der Waals surface area contributed by atoms with Crippen molar-refractivity contribution < 1.29 is 15.0 Å². The van der Waals surface area contributed by atoms with Crippen molar-refractivity contribution >= 4 is 5.97 Å². The van der Waals surface area contributed by atoms with Crippen molar-refractivity contribution in [2.45, 2.75) is 18.9 Å². The molecule has 0 amide bonds. The van der Waals surface area contributed by atoms with E-state index in [-0.39, 0.29) is 0 Å². The van der Waals surface area contributed by atoms with E-state index in [1.165, 1.54) is 6.08 Å². The Morgan fingerprint density at radius 2 is 2.38 bits per heavy atom. The van der Waals surface area contributed by atoms with E-state index in [0.29, 0.717) is 6.42 Å². The molecule has 3 nitrogen and oxygen atoms in total. The third kappa shape index (κ3) is 3.25. The van der Waals surface area contributed by atoms with E-state index in [9.17, 15) is 9.90 Å². The van der Waals surface area contributed by atoms with Crippen LogP contribution in [0.15, 0.2) is 36.0 Å². The number of aliphatic carboxylic acids is 1. The third-order valence-electron chi connectivity index (χ3n) is 1.80. The van der Waals surface area contributed by atoms with Gasteiger partial charge in [0.15, 0.2) is 0 Å². The molecule has 13 heavy (non-hydrogen) atoms. The van der Waals surface area contributed by atoms with E-state index >= 15 is 0 Å². The zero-order valence-electron chi connectivity index (χ0n) is 7.40. The predicted octanol–water partition coefficient (Wildman–Crippen LogP) is 1.26. The van der Waals surface area contributed by atoms with Crippen LogP contribution in [-0.4, -0.2) is 21.8 Å². The summed E-state index contributed by atoms with van der Waals surface area (Å²) in [5, 5.41) is 17.9. The van der Waals surface area contributed by atoms with Crippen molar-refractivity contribution in [1.29, 1.82) is 0 Å². The highest BCUT2D eigenvalue weighted by atomic mass is 16.4. The molecule has 0 radical (unpaired) electrons. The molecule has 1 aliphatic carbocycles. The summed E-state index contributed by atoms with van der Waals surface area (Å²) in [6, 6.07) is 0. The Kier molecular flexibility index (Phi) is 2.68. The number of carboxylic acid groups (broad SMARTS) is 1. The summed E-state index contributed by atoms with van der Waals surface area (Å²) < 4.78 is 0. The number of carbonyl (C=O) groups is 1. The molecule has 3 heteroatoms. The van der Waals surface area contributed by atoms with E-state index in [2.05, 4.69) is 0 Å². The Bertz CT molecular complexity index is 295. The lowest BCUT2D eigenvalue weighted by Crippen LogP contribution is -2.21. The average molecular weight is 180 g/mol. The van der Waals surface area contributed by atoms with Crippen molar-refractivity contribution in [3.05, 3.63) is 36.0 Å². The molecule has 1 atom stereocenters. The standard InChI is InChI=1S/C10H12O3/c1-10(13)6-4-8(5-7-10)2-3-9(11)12/h2-6,13H,7H2,1H3,(H,11,12)/b3-2+. The second-order valence-electron chi connectivity index (χ2n) is 3.27. The van der Waals surface area contributed by atoms with Gasteiger partial charge in [-0.2, -0.15) is 0 Å². The molecule has 0 fully saturated rings. The van der Waals surface area contributed by atoms with Crippen molar-refractivity contribution in [3.8, 4) is 0 Å². The molecule has 0 spiro atoms. The Labute approximate surface area is 76.7 Å². The predicted molar refractivity (Wildman–Crippen MR) is 49.2 cm³/mol. The van der Waals surface area contributed by atoms with Crippen molar-refractivity contribution in [3.63, 3.8) is 0 Å². The van der Waals surface area contributed by atoms with Gasteiger partial charge in [0.1, 0.15) is 0 Å². The van der Waals surface area contributed by atoms with Gasteiger partial charge in [0, 0.05) is 6.08 Å². The lowest BCUT2D eigenvalue weighted by atomic mass is 9.94. The van der Waals surface area contributed by atoms with Crippen LogP contribution in [0.25, 0.3) is 0 Å². The molecule has 0 saturated heterocycles. The molecule has 2 N–H and O–H groups in total. The van der Waals surface area contributed by atoms with Crippen LogP contribution in [0.2, 0.25) is 0 Å². The highest BCUT2D eigenvalue weighted by Gasteiger charge is 2.16. The molecule has 0 aromatic heterocycles. The van der Waals surface area contributed by atoms with Gasteiger partial charge in [0.25, 0.3) is 0 Å². The van der Waals surface area contributed by atoms with E-state index in [1.807, 2.05) is 0 Å². The fourth-order valence-corrected chi connectivity index (χ4v) is 1.03. The number of aliphatic hydroxyl groups is 1. The zero-order valence-corrected chi connectivity index (χ0v) is 7.40. The molecule has 0 heterocycles. The van der Waals surface area contributed by atoms with Crippen LogP contribution in [0.1, 0.15) is 13.3 Å². The first kappa shape index (κ1) is 9.74. The summed E-state index contributed by atoms with van der Waals surface area (Å²) in [7, 11) is 0. The third-order valence-corrected chi connectivity index (χ3v) is 1.80. The lowest BCUT2D eigenvalue weighted by Gasteiger charge is -2.20. The second kappa shape index (κ2) is 3.58. The molecular formula is C10H12O3. The molecule has 0 bridgehead atoms. The molecule has 70 valence electrons. The summed E-state index contributed by atoms with van der Waals surface area (Å²) in [5.41, 5.74) is 0.0227. The first-order chi connectivity index (χ1) is 5.99. The van der Waals surface area contributed by atoms with E-state index in [1.54, 1.807) is 25.2 Å². The summed E-state index contributed by atoms with van der Waals surface area (Å²) in [4.78, 5) is 10.2. The van der Waals surface area contributed by atoms with Gasteiger partial charge in [0.2, 0.25) is 0 Å². The summed E-state index contributed by atoms with van der Waals surface area (Å²) in [6.45, 7) is 1.71. The second-order valence-corrected chi connectivity index (χ2v) is 3.27. The molecule has 1 aliphatic rings. The van der Waals surface area contributed by atoms with Gasteiger partial charge in [-0.1, -0.05) is 18.2 Å². The number of hydrogen-bond donors (Lipinski definition) is 2. The van der Waals surface area contributed by atoms with Crippen molar-refractivity contribution in [2.24, 2.45) is 0 Å². The minimum atomic E-state index is -0.966. The summed E-state index contributed by atoms with van der Waals surface area (Å²) in [6.07, 6.45) is 8.28. The van der Waals surface area contributed by atoms with Gasteiger partial charge in [-0.15, -0.1) is 0 Å². The first-order valence-corrected chi connectivity index (χ1v) is 4.02. The smallest absolute Gasteiger partial charge is 0.328 e. The maximum absolute atomic E-state index is 10.2. The van der Waals surface area contributed by atoms with Gasteiger partial charge >= 0.3 is 5.97 Å². The molecule has 1 unspecified atom stereocenters. The minimum absolute atomic E-state index is 0.517. The van der Waals surface area contributed by atoms with Crippen molar-refractivity contribution in [1.82, 2.24) is 0 Å². The van der Waals surface area contributed by atoms with Gasteiger partial charge in [-0.3, -0.25) is 0 Å². The Hall–Kier alpha value is -1.35. The van der Waals surface area contributed by atoms with Gasteiger partial charge in [-0.25, -0.2) is 4.79 Å². The summed E-state index contributed by atoms with van der Waals surface area (Å²) in [5.74, 6) is -0.966. The topological polar surface area (TPSA) is 57.5 Å². The van der Waals surface area contributed by atoms with Crippen LogP contribution in [0.3, 0.4) is 0 Å². The summed E-state index contributed by atoms with van der Waals surface area (Å²) >= 11 is 0. The van der Waals surface area contributed by atoms with Gasteiger partial charge in [0.05, 0.1) is 5.60 Å². The normalized spacial score (nSPS) is 27.7.